The highest BCUT2D eigenvalue weighted by Gasteiger charge is 2.30. The molecular weight excluding hydrogens is 397 g/mol. The lowest BCUT2D eigenvalue weighted by Crippen LogP contribution is -2.34. The Labute approximate surface area is 170 Å². The van der Waals surface area contributed by atoms with Gasteiger partial charge in [0.2, 0.25) is 5.91 Å². The van der Waals surface area contributed by atoms with Crippen molar-refractivity contribution >= 4 is 33.7 Å². The van der Waals surface area contributed by atoms with Crippen LogP contribution in [0.15, 0.2) is 48.0 Å². The maximum Gasteiger partial charge on any atom is 0.416 e. The molecular formula is C22H21F3N2OS. The van der Waals surface area contributed by atoms with Gasteiger partial charge in [-0.2, -0.15) is 13.2 Å². The van der Waals surface area contributed by atoms with E-state index in [9.17, 15) is 18.0 Å². The Bertz CT molecular complexity index is 1030. The zero-order chi connectivity index (χ0) is 20.4. The molecule has 1 aliphatic heterocycles. The quantitative estimate of drug-likeness (QED) is 0.551. The number of thiophene rings is 1. The third-order valence-corrected chi connectivity index (χ3v) is 6.28. The topological polar surface area (TPSA) is 36.1 Å². The molecule has 3 aromatic rings. The number of H-pyrrole nitrogens is 1. The maximum atomic E-state index is 13.0. The Morgan fingerprint density at radius 2 is 2.10 bits per heavy atom. The molecule has 0 saturated carbocycles. The van der Waals surface area contributed by atoms with Gasteiger partial charge in [0, 0.05) is 41.5 Å². The van der Waals surface area contributed by atoms with E-state index in [1.165, 1.54) is 22.6 Å². The predicted molar refractivity (Wildman–Crippen MR) is 110 cm³/mol. The Morgan fingerprint density at radius 3 is 2.79 bits per heavy atom. The molecule has 0 radical (unpaired) electrons. The number of nitrogens with one attached hydrogen (secondary N) is 1. The van der Waals surface area contributed by atoms with Gasteiger partial charge in [-0.1, -0.05) is 12.1 Å². The fraction of sp³-hybridized carbons (Fsp3) is 0.318. The van der Waals surface area contributed by atoms with Crippen LogP contribution in [0.2, 0.25) is 0 Å². The lowest BCUT2D eigenvalue weighted by atomic mass is 10.0. The number of amides is 1. The van der Waals surface area contributed by atoms with Crippen LogP contribution < -0.4 is 0 Å². The van der Waals surface area contributed by atoms with Gasteiger partial charge in [-0.25, -0.2) is 0 Å². The van der Waals surface area contributed by atoms with Crippen LogP contribution >= 0.6 is 11.3 Å². The summed E-state index contributed by atoms with van der Waals surface area (Å²) in [4.78, 5) is 18.6. The number of halogens is 3. The standard InChI is InChI=1S/C22H21F3N2OS/c23-22(24,25)17-6-7-19-18(13-17)16(14-26-19)3-1-5-21(28)27-10-8-15(9-11-27)20-4-2-12-29-20/h2,4,6-8,12-14,26H,1,3,5,9-11H2. The number of alkyl halides is 3. The minimum absolute atomic E-state index is 0.0994. The average Bonchev–Trinajstić information content (AvgIpc) is 3.37. The first kappa shape index (κ1) is 19.8. The fourth-order valence-electron chi connectivity index (χ4n) is 3.73. The maximum absolute atomic E-state index is 13.0. The lowest BCUT2D eigenvalue weighted by Gasteiger charge is -2.26. The second-order valence-electron chi connectivity index (χ2n) is 7.22. The Balaban J connectivity index is 1.34. The van der Waals surface area contributed by atoms with E-state index in [1.54, 1.807) is 17.5 Å². The lowest BCUT2D eigenvalue weighted by molar-refractivity contribution is -0.137. The second kappa shape index (κ2) is 8.06. The van der Waals surface area contributed by atoms with Crippen molar-refractivity contribution in [1.82, 2.24) is 9.88 Å². The van der Waals surface area contributed by atoms with Crippen LogP contribution in [-0.2, 0) is 17.4 Å². The van der Waals surface area contributed by atoms with Gasteiger partial charge in [0.05, 0.1) is 5.56 Å². The number of carbonyl (C=O) groups is 1. The zero-order valence-corrected chi connectivity index (χ0v) is 16.6. The Morgan fingerprint density at radius 1 is 1.24 bits per heavy atom. The number of nitrogens with zero attached hydrogens (tertiary/aromatic N) is 1. The smallest absolute Gasteiger partial charge is 0.361 e. The summed E-state index contributed by atoms with van der Waals surface area (Å²) in [7, 11) is 0. The van der Waals surface area contributed by atoms with Crippen LogP contribution in [0.4, 0.5) is 13.2 Å². The molecule has 152 valence electrons. The first-order chi connectivity index (χ1) is 13.9. The number of aromatic amines is 1. The second-order valence-corrected chi connectivity index (χ2v) is 8.17. The summed E-state index contributed by atoms with van der Waals surface area (Å²) in [5.41, 5.74) is 2.14. The van der Waals surface area contributed by atoms with Gasteiger partial charge in [-0.3, -0.25) is 4.79 Å². The highest BCUT2D eigenvalue weighted by atomic mass is 32.1. The van der Waals surface area contributed by atoms with Crippen LogP contribution in [0.25, 0.3) is 16.5 Å². The molecule has 0 aliphatic carbocycles. The van der Waals surface area contributed by atoms with Crippen molar-refractivity contribution in [2.24, 2.45) is 0 Å². The first-order valence-corrected chi connectivity index (χ1v) is 10.5. The summed E-state index contributed by atoms with van der Waals surface area (Å²) in [5, 5.41) is 2.63. The number of carbonyl (C=O) groups excluding carboxylic acids is 1. The number of benzene rings is 1. The number of aryl methyl sites for hydroxylation is 1. The van der Waals surface area contributed by atoms with Crippen LogP contribution in [0.3, 0.4) is 0 Å². The molecule has 0 fully saturated rings. The van der Waals surface area contributed by atoms with Crippen molar-refractivity contribution in [3.05, 3.63) is 64.0 Å². The summed E-state index contributed by atoms with van der Waals surface area (Å²) in [6, 6.07) is 7.85. The summed E-state index contributed by atoms with van der Waals surface area (Å²) in [5.74, 6) is 0.0994. The molecule has 7 heteroatoms. The number of hydrogen-bond donors (Lipinski definition) is 1. The average molecular weight is 418 g/mol. The minimum atomic E-state index is -4.36. The molecule has 0 saturated heterocycles. The van der Waals surface area contributed by atoms with E-state index >= 15 is 0 Å². The van der Waals surface area contributed by atoms with Crippen molar-refractivity contribution in [2.75, 3.05) is 13.1 Å². The molecule has 4 rings (SSSR count). The fourth-order valence-corrected chi connectivity index (χ4v) is 4.53. The van der Waals surface area contributed by atoms with Gasteiger partial charge in [0.25, 0.3) is 0 Å². The molecule has 2 aromatic heterocycles. The summed E-state index contributed by atoms with van der Waals surface area (Å²) in [6.07, 6.45) is 1.93. The van der Waals surface area contributed by atoms with Gasteiger partial charge >= 0.3 is 6.18 Å². The summed E-state index contributed by atoms with van der Waals surface area (Å²) in [6.45, 7) is 1.33. The highest BCUT2D eigenvalue weighted by molar-refractivity contribution is 7.11. The van der Waals surface area contributed by atoms with Crippen LogP contribution in [0.1, 0.15) is 35.3 Å². The number of fused-ring (bicyclic) bond motifs is 1. The van der Waals surface area contributed by atoms with E-state index in [1.807, 2.05) is 11.0 Å². The molecule has 3 nitrogen and oxygen atoms in total. The van der Waals surface area contributed by atoms with Crippen molar-refractivity contribution < 1.29 is 18.0 Å². The first-order valence-electron chi connectivity index (χ1n) is 9.60. The number of rotatable bonds is 5. The van der Waals surface area contributed by atoms with Crippen molar-refractivity contribution in [3.8, 4) is 0 Å². The molecule has 1 aliphatic rings. The zero-order valence-electron chi connectivity index (χ0n) is 15.8. The van der Waals surface area contributed by atoms with E-state index in [2.05, 4.69) is 22.5 Å². The van der Waals surface area contributed by atoms with Crippen LogP contribution in [0.5, 0.6) is 0 Å². The monoisotopic (exact) mass is 418 g/mol. The van der Waals surface area contributed by atoms with Gasteiger partial charge in [-0.05, 0) is 60.0 Å². The molecule has 3 heterocycles. The largest absolute Gasteiger partial charge is 0.416 e. The van der Waals surface area contributed by atoms with E-state index < -0.39 is 11.7 Å². The van der Waals surface area contributed by atoms with E-state index in [4.69, 9.17) is 0 Å². The summed E-state index contributed by atoms with van der Waals surface area (Å²) < 4.78 is 38.9. The minimum Gasteiger partial charge on any atom is -0.361 e. The van der Waals surface area contributed by atoms with Crippen molar-refractivity contribution in [3.63, 3.8) is 0 Å². The highest BCUT2D eigenvalue weighted by Crippen LogP contribution is 2.32. The van der Waals surface area contributed by atoms with Gasteiger partial charge in [0.15, 0.2) is 0 Å². The molecule has 1 aromatic carbocycles. The van der Waals surface area contributed by atoms with Gasteiger partial charge < -0.3 is 9.88 Å². The molecule has 1 amide bonds. The normalized spacial score (nSPS) is 15.0. The van der Waals surface area contributed by atoms with Crippen LogP contribution in [0, 0.1) is 0 Å². The SMILES string of the molecule is O=C(CCCc1c[nH]c2ccc(C(F)(F)F)cc12)N1CC=C(c2cccs2)CC1. The molecule has 0 unspecified atom stereocenters. The molecule has 0 atom stereocenters. The van der Waals surface area contributed by atoms with E-state index in [0.29, 0.717) is 43.3 Å². The molecule has 0 spiro atoms. The third-order valence-electron chi connectivity index (χ3n) is 5.33. The van der Waals surface area contributed by atoms with E-state index in [-0.39, 0.29) is 5.91 Å². The van der Waals surface area contributed by atoms with Crippen LogP contribution in [-0.4, -0.2) is 28.9 Å². The molecule has 0 bridgehead atoms. The number of aromatic nitrogens is 1. The molecule has 1 N–H and O–H groups in total. The summed E-state index contributed by atoms with van der Waals surface area (Å²) >= 11 is 1.71. The van der Waals surface area contributed by atoms with Gasteiger partial charge in [0.1, 0.15) is 0 Å². The Kier molecular flexibility index (Phi) is 5.50. The third kappa shape index (κ3) is 4.40. The predicted octanol–water partition coefficient (Wildman–Crippen LogP) is 5.89. The van der Waals surface area contributed by atoms with Gasteiger partial charge in [-0.15, -0.1) is 11.3 Å². The van der Waals surface area contributed by atoms with E-state index in [0.717, 1.165) is 18.1 Å². The Hall–Kier alpha value is -2.54. The number of hydrogen-bond acceptors (Lipinski definition) is 2. The van der Waals surface area contributed by atoms with Crippen molar-refractivity contribution in [2.45, 2.75) is 31.9 Å². The van der Waals surface area contributed by atoms with Crippen molar-refractivity contribution in [1.29, 1.82) is 0 Å². The molecule has 29 heavy (non-hydrogen) atoms.